The van der Waals surface area contributed by atoms with Crippen molar-refractivity contribution in [2.45, 2.75) is 52.4 Å². The first-order chi connectivity index (χ1) is 14.2. The highest BCUT2D eigenvalue weighted by molar-refractivity contribution is 7.08. The van der Waals surface area contributed by atoms with Crippen LogP contribution in [0.25, 0.3) is 0 Å². The minimum absolute atomic E-state index is 0.0412. The van der Waals surface area contributed by atoms with Crippen LogP contribution in [0.3, 0.4) is 0 Å². The van der Waals surface area contributed by atoms with Crippen LogP contribution in [-0.2, 0) is 4.79 Å². The quantitative estimate of drug-likeness (QED) is 0.547. The smallest absolute Gasteiger partial charge is 0.258 e. The van der Waals surface area contributed by atoms with Crippen molar-refractivity contribution in [2.75, 3.05) is 29.9 Å². The van der Waals surface area contributed by atoms with Gasteiger partial charge in [0.2, 0.25) is 5.91 Å². The Balaban J connectivity index is 1.72. The number of unbranched alkanes of at least 4 members (excludes halogenated alkanes) is 2. The minimum atomic E-state index is -0.158. The van der Waals surface area contributed by atoms with Gasteiger partial charge in [-0.25, -0.2) is 0 Å². The van der Waals surface area contributed by atoms with E-state index in [0.29, 0.717) is 23.4 Å². The molecule has 6 heteroatoms. The second-order valence-electron chi connectivity index (χ2n) is 7.52. The molecule has 2 aromatic rings. The highest BCUT2D eigenvalue weighted by Crippen LogP contribution is 2.39. The van der Waals surface area contributed by atoms with Crippen LogP contribution in [0.1, 0.15) is 62.7 Å². The molecule has 0 saturated heterocycles. The summed E-state index contributed by atoms with van der Waals surface area (Å²) < 4.78 is 0. The molecular weight excluding hydrogens is 382 g/mol. The summed E-state index contributed by atoms with van der Waals surface area (Å²) in [6, 6.07) is 7.52. The molecule has 3 rings (SSSR count). The number of nitrogens with one attached hydrogen (secondary N) is 1. The van der Waals surface area contributed by atoms with E-state index in [1.165, 1.54) is 37.0 Å². The van der Waals surface area contributed by atoms with Gasteiger partial charge < -0.3 is 10.2 Å². The summed E-state index contributed by atoms with van der Waals surface area (Å²) in [7, 11) is 0. The second kappa shape index (κ2) is 10.6. The Bertz CT molecular complexity index is 825. The van der Waals surface area contributed by atoms with E-state index in [0.717, 1.165) is 31.7 Å². The number of anilines is 3. The Morgan fingerprint density at radius 1 is 1.00 bits per heavy atom. The summed E-state index contributed by atoms with van der Waals surface area (Å²) in [4.78, 5) is 30.0. The number of carbonyl (C=O) groups excluding carboxylic acids is 2. The van der Waals surface area contributed by atoms with Crippen LogP contribution in [0.5, 0.6) is 0 Å². The SMILES string of the molecule is CCCCN(CCCC)CCCC(=O)N1c2ccccc2NC(=O)c2cscc21. The summed E-state index contributed by atoms with van der Waals surface area (Å²) in [5, 5.41) is 6.64. The number of amides is 2. The number of para-hydroxylation sites is 2. The predicted octanol–water partition coefficient (Wildman–Crippen LogP) is 5.66. The van der Waals surface area contributed by atoms with E-state index in [4.69, 9.17) is 0 Å². The fourth-order valence-electron chi connectivity index (χ4n) is 3.66. The molecule has 0 unspecified atom stereocenters. The van der Waals surface area contributed by atoms with Gasteiger partial charge in [0, 0.05) is 17.2 Å². The molecule has 1 N–H and O–H groups in total. The number of fused-ring (bicyclic) bond motifs is 2. The lowest BCUT2D eigenvalue weighted by molar-refractivity contribution is -0.118. The first-order valence-corrected chi connectivity index (χ1v) is 11.6. The largest absolute Gasteiger partial charge is 0.320 e. The normalized spacial score (nSPS) is 13.1. The molecule has 0 aliphatic carbocycles. The number of benzene rings is 1. The van der Waals surface area contributed by atoms with Gasteiger partial charge in [-0.05, 0) is 51.0 Å². The van der Waals surface area contributed by atoms with Crippen molar-refractivity contribution < 1.29 is 9.59 Å². The van der Waals surface area contributed by atoms with E-state index in [-0.39, 0.29) is 11.8 Å². The number of nitrogens with zero attached hydrogens (tertiary/aromatic N) is 2. The Morgan fingerprint density at radius 3 is 2.41 bits per heavy atom. The maximum atomic E-state index is 13.3. The van der Waals surface area contributed by atoms with Gasteiger partial charge >= 0.3 is 0 Å². The monoisotopic (exact) mass is 413 g/mol. The van der Waals surface area contributed by atoms with E-state index in [1.54, 1.807) is 4.90 Å². The van der Waals surface area contributed by atoms with Crippen molar-refractivity contribution in [1.29, 1.82) is 0 Å². The number of carbonyl (C=O) groups is 2. The lowest BCUT2D eigenvalue weighted by Crippen LogP contribution is -2.30. The average molecular weight is 414 g/mol. The highest BCUT2D eigenvalue weighted by atomic mass is 32.1. The number of hydrogen-bond acceptors (Lipinski definition) is 4. The average Bonchev–Trinajstić information content (AvgIpc) is 3.16. The molecule has 1 aliphatic heterocycles. The molecule has 1 aromatic heterocycles. The highest BCUT2D eigenvalue weighted by Gasteiger charge is 2.29. The van der Waals surface area contributed by atoms with Crippen LogP contribution in [0.2, 0.25) is 0 Å². The summed E-state index contributed by atoms with van der Waals surface area (Å²) in [6.07, 6.45) is 6.06. The molecule has 1 aliphatic rings. The Labute approximate surface area is 177 Å². The molecule has 156 valence electrons. The Kier molecular flexibility index (Phi) is 7.83. The van der Waals surface area contributed by atoms with Crippen LogP contribution in [0, 0.1) is 0 Å². The van der Waals surface area contributed by atoms with Gasteiger partial charge in [0.15, 0.2) is 0 Å². The zero-order valence-corrected chi connectivity index (χ0v) is 18.3. The van der Waals surface area contributed by atoms with Gasteiger partial charge in [-0.2, -0.15) is 0 Å². The Morgan fingerprint density at radius 2 is 1.69 bits per heavy atom. The van der Waals surface area contributed by atoms with E-state index < -0.39 is 0 Å². The van der Waals surface area contributed by atoms with Crippen molar-refractivity contribution in [3.8, 4) is 0 Å². The van der Waals surface area contributed by atoms with Crippen molar-refractivity contribution in [3.63, 3.8) is 0 Å². The third-order valence-electron chi connectivity index (χ3n) is 5.29. The van der Waals surface area contributed by atoms with Gasteiger partial charge in [-0.3, -0.25) is 14.5 Å². The number of rotatable bonds is 10. The fourth-order valence-corrected chi connectivity index (χ4v) is 4.45. The van der Waals surface area contributed by atoms with Crippen LogP contribution in [-0.4, -0.2) is 36.3 Å². The third kappa shape index (κ3) is 5.25. The minimum Gasteiger partial charge on any atom is -0.320 e. The molecule has 0 radical (unpaired) electrons. The van der Waals surface area contributed by atoms with Crippen molar-refractivity contribution in [1.82, 2.24) is 4.90 Å². The molecule has 0 bridgehead atoms. The molecule has 0 atom stereocenters. The maximum absolute atomic E-state index is 13.3. The lowest BCUT2D eigenvalue weighted by atomic mass is 10.1. The molecule has 2 amide bonds. The number of hydrogen-bond donors (Lipinski definition) is 1. The topological polar surface area (TPSA) is 52.7 Å². The standard InChI is InChI=1S/C23H31N3O2S/c1-3-5-13-25(14-6-4-2)15-9-12-22(27)26-20-11-8-7-10-19(20)24-23(28)18-16-29-17-21(18)26/h7-8,10-11,16-17H,3-6,9,12-15H2,1-2H3,(H,24,28). The fraction of sp³-hybridized carbons (Fsp3) is 0.478. The van der Waals surface area contributed by atoms with Gasteiger partial charge in [-0.15, -0.1) is 11.3 Å². The third-order valence-corrected chi connectivity index (χ3v) is 6.02. The summed E-state index contributed by atoms with van der Waals surface area (Å²) in [6.45, 7) is 7.57. The molecule has 0 fully saturated rings. The lowest BCUT2D eigenvalue weighted by Gasteiger charge is -2.24. The summed E-state index contributed by atoms with van der Waals surface area (Å²) in [5.41, 5.74) is 2.68. The molecule has 5 nitrogen and oxygen atoms in total. The number of thiophene rings is 1. The van der Waals surface area contributed by atoms with Crippen molar-refractivity contribution in [2.24, 2.45) is 0 Å². The zero-order valence-electron chi connectivity index (χ0n) is 17.4. The van der Waals surface area contributed by atoms with Gasteiger partial charge in [0.25, 0.3) is 5.91 Å². The molecular formula is C23H31N3O2S. The molecule has 0 spiro atoms. The molecule has 29 heavy (non-hydrogen) atoms. The van der Waals surface area contributed by atoms with Crippen LogP contribution < -0.4 is 10.2 Å². The van der Waals surface area contributed by atoms with Gasteiger partial charge in [0.05, 0.1) is 22.6 Å². The first kappa shape index (κ1) is 21.5. The van der Waals surface area contributed by atoms with Gasteiger partial charge in [0.1, 0.15) is 0 Å². The molecule has 1 aromatic carbocycles. The van der Waals surface area contributed by atoms with Gasteiger partial charge in [-0.1, -0.05) is 38.8 Å². The van der Waals surface area contributed by atoms with Crippen molar-refractivity contribution >= 4 is 40.2 Å². The van der Waals surface area contributed by atoms with E-state index in [9.17, 15) is 9.59 Å². The first-order valence-electron chi connectivity index (χ1n) is 10.7. The van der Waals surface area contributed by atoms with E-state index >= 15 is 0 Å². The molecule has 2 heterocycles. The predicted molar refractivity (Wildman–Crippen MR) is 121 cm³/mol. The zero-order chi connectivity index (χ0) is 20.6. The Hall–Kier alpha value is -2.18. The van der Waals surface area contributed by atoms with Crippen LogP contribution in [0.15, 0.2) is 35.0 Å². The second-order valence-corrected chi connectivity index (χ2v) is 8.27. The summed E-state index contributed by atoms with van der Waals surface area (Å²) in [5.74, 6) is -0.117. The van der Waals surface area contributed by atoms with E-state index in [2.05, 4.69) is 24.1 Å². The summed E-state index contributed by atoms with van der Waals surface area (Å²) >= 11 is 1.45. The van der Waals surface area contributed by atoms with Crippen LogP contribution >= 0.6 is 11.3 Å². The van der Waals surface area contributed by atoms with Crippen molar-refractivity contribution in [3.05, 3.63) is 40.6 Å². The van der Waals surface area contributed by atoms with Crippen LogP contribution in [0.4, 0.5) is 17.1 Å². The van der Waals surface area contributed by atoms with E-state index in [1.807, 2.05) is 35.0 Å². The maximum Gasteiger partial charge on any atom is 0.258 e. The molecule has 0 saturated carbocycles.